The van der Waals surface area contributed by atoms with Gasteiger partial charge in [0.05, 0.1) is 6.61 Å². The Labute approximate surface area is 77.8 Å². The first-order valence-corrected chi connectivity index (χ1v) is 4.12. The van der Waals surface area contributed by atoms with Crippen LogP contribution in [-0.2, 0) is 14.2 Å². The van der Waals surface area contributed by atoms with Crippen LogP contribution in [0.25, 0.3) is 0 Å². The van der Waals surface area contributed by atoms with Crippen molar-refractivity contribution in [1.29, 1.82) is 0 Å². The highest BCUT2D eigenvalue weighted by Crippen LogP contribution is 2.19. The number of aliphatic hydroxyl groups is 1. The molecule has 0 saturated carbocycles. The number of epoxide rings is 1. The lowest BCUT2D eigenvalue weighted by Crippen LogP contribution is -2.33. The van der Waals surface area contributed by atoms with E-state index in [0.717, 1.165) is 0 Å². The van der Waals surface area contributed by atoms with Gasteiger partial charge in [-0.15, -0.1) is 5.92 Å². The van der Waals surface area contributed by atoms with Crippen molar-refractivity contribution in [1.82, 2.24) is 0 Å². The van der Waals surface area contributed by atoms with Crippen LogP contribution < -0.4 is 0 Å². The molecule has 0 aliphatic carbocycles. The van der Waals surface area contributed by atoms with Gasteiger partial charge in [0.2, 0.25) is 0 Å². The minimum absolute atomic E-state index is 0.0361. The minimum Gasteiger partial charge on any atom is -0.378 e. The molecule has 1 saturated heterocycles. The van der Waals surface area contributed by atoms with E-state index in [9.17, 15) is 5.11 Å². The molecule has 13 heavy (non-hydrogen) atoms. The number of hydrogen-bond donors (Lipinski definition) is 1. The average molecular weight is 186 g/mol. The normalized spacial score (nSPS) is 24.4. The van der Waals surface area contributed by atoms with Crippen LogP contribution in [0.1, 0.15) is 6.92 Å². The predicted molar refractivity (Wildman–Crippen MR) is 45.9 cm³/mol. The van der Waals surface area contributed by atoms with Crippen molar-refractivity contribution in [2.24, 2.45) is 0 Å². The van der Waals surface area contributed by atoms with Gasteiger partial charge in [-0.2, -0.15) is 0 Å². The largest absolute Gasteiger partial charge is 0.378 e. The van der Waals surface area contributed by atoms with Crippen molar-refractivity contribution in [3.63, 3.8) is 0 Å². The molecule has 4 nitrogen and oxygen atoms in total. The molecule has 0 radical (unpaired) electrons. The Morgan fingerprint density at radius 2 is 2.38 bits per heavy atom. The summed E-state index contributed by atoms with van der Waals surface area (Å²) in [5.74, 6) is 5.25. The maximum Gasteiger partial charge on any atom is 0.147 e. The van der Waals surface area contributed by atoms with Gasteiger partial charge < -0.3 is 19.3 Å². The van der Waals surface area contributed by atoms with Crippen LogP contribution in [0.2, 0.25) is 0 Å². The molecule has 1 heterocycles. The van der Waals surface area contributed by atoms with E-state index in [1.54, 1.807) is 6.92 Å². The first kappa shape index (κ1) is 10.5. The standard InChI is InChI=1S/C9H14O4/c1-3-4-7(10)9(8-5-12-8)13-6-11-2/h7-10H,5-6H2,1-2H3/t7-,8?,9+/m1/s1. The van der Waals surface area contributed by atoms with Crippen molar-refractivity contribution in [3.8, 4) is 11.8 Å². The van der Waals surface area contributed by atoms with Crippen molar-refractivity contribution in [2.45, 2.75) is 25.2 Å². The highest BCUT2D eigenvalue weighted by atomic mass is 16.7. The van der Waals surface area contributed by atoms with Crippen molar-refractivity contribution < 1.29 is 19.3 Å². The van der Waals surface area contributed by atoms with Crippen LogP contribution in [0.3, 0.4) is 0 Å². The van der Waals surface area contributed by atoms with Gasteiger partial charge in [0.1, 0.15) is 25.1 Å². The van der Waals surface area contributed by atoms with Gasteiger partial charge in [-0.25, -0.2) is 0 Å². The molecule has 1 unspecified atom stereocenters. The summed E-state index contributed by atoms with van der Waals surface area (Å²) >= 11 is 0. The zero-order chi connectivity index (χ0) is 9.68. The van der Waals surface area contributed by atoms with Gasteiger partial charge in [-0.3, -0.25) is 0 Å². The topological polar surface area (TPSA) is 51.2 Å². The lowest BCUT2D eigenvalue weighted by atomic mass is 10.1. The number of methoxy groups -OCH3 is 1. The minimum atomic E-state index is -0.798. The molecule has 1 N–H and O–H groups in total. The fourth-order valence-electron chi connectivity index (χ4n) is 1.02. The zero-order valence-electron chi connectivity index (χ0n) is 7.82. The molecule has 74 valence electrons. The fourth-order valence-corrected chi connectivity index (χ4v) is 1.02. The molecule has 4 heteroatoms. The second kappa shape index (κ2) is 5.20. The van der Waals surface area contributed by atoms with E-state index in [1.807, 2.05) is 0 Å². The Hall–Kier alpha value is -0.600. The molecule has 0 aromatic rings. The van der Waals surface area contributed by atoms with E-state index in [1.165, 1.54) is 7.11 Å². The summed E-state index contributed by atoms with van der Waals surface area (Å²) in [6.07, 6.45) is -1.23. The monoisotopic (exact) mass is 186 g/mol. The molecule has 0 aromatic heterocycles. The number of rotatable bonds is 5. The van der Waals surface area contributed by atoms with Crippen molar-refractivity contribution in [3.05, 3.63) is 0 Å². The number of hydrogen-bond acceptors (Lipinski definition) is 4. The van der Waals surface area contributed by atoms with Crippen molar-refractivity contribution in [2.75, 3.05) is 20.5 Å². The lowest BCUT2D eigenvalue weighted by Gasteiger charge is -2.16. The molecular formula is C9H14O4. The molecule has 1 fully saturated rings. The molecule has 3 atom stereocenters. The summed E-state index contributed by atoms with van der Waals surface area (Å²) in [5.41, 5.74) is 0. The Morgan fingerprint density at radius 1 is 1.69 bits per heavy atom. The Kier molecular flexibility index (Phi) is 4.19. The summed E-state index contributed by atoms with van der Waals surface area (Å²) in [6, 6.07) is 0. The number of aliphatic hydroxyl groups excluding tert-OH is 1. The summed E-state index contributed by atoms with van der Waals surface area (Å²) in [4.78, 5) is 0. The van der Waals surface area contributed by atoms with E-state index >= 15 is 0 Å². The second-order valence-corrected chi connectivity index (χ2v) is 2.75. The summed E-state index contributed by atoms with van der Waals surface area (Å²) in [5, 5.41) is 9.51. The molecule has 0 bridgehead atoms. The first-order chi connectivity index (χ1) is 6.29. The molecule has 0 amide bonds. The molecule has 1 aliphatic rings. The molecular weight excluding hydrogens is 172 g/mol. The second-order valence-electron chi connectivity index (χ2n) is 2.75. The smallest absolute Gasteiger partial charge is 0.147 e. The van der Waals surface area contributed by atoms with Crippen LogP contribution in [0.15, 0.2) is 0 Å². The maximum absolute atomic E-state index is 9.51. The quantitative estimate of drug-likeness (QED) is 0.366. The van der Waals surface area contributed by atoms with E-state index in [-0.39, 0.29) is 12.9 Å². The highest BCUT2D eigenvalue weighted by Gasteiger charge is 2.37. The predicted octanol–water partition coefficient (Wildman–Crippen LogP) is -0.242. The van der Waals surface area contributed by atoms with Gasteiger partial charge in [0.15, 0.2) is 0 Å². The van der Waals surface area contributed by atoms with Crippen LogP contribution >= 0.6 is 0 Å². The Morgan fingerprint density at radius 3 is 2.85 bits per heavy atom. The highest BCUT2D eigenvalue weighted by molar-refractivity contribution is 5.07. The van der Waals surface area contributed by atoms with Crippen LogP contribution in [0.5, 0.6) is 0 Å². The fraction of sp³-hybridized carbons (Fsp3) is 0.778. The summed E-state index contributed by atoms with van der Waals surface area (Å²) in [6.45, 7) is 2.44. The third kappa shape index (κ3) is 3.33. The van der Waals surface area contributed by atoms with Crippen LogP contribution in [0.4, 0.5) is 0 Å². The van der Waals surface area contributed by atoms with E-state index in [2.05, 4.69) is 11.8 Å². The number of ether oxygens (including phenoxy) is 3. The zero-order valence-corrected chi connectivity index (χ0v) is 7.82. The van der Waals surface area contributed by atoms with Gasteiger partial charge in [0, 0.05) is 7.11 Å². The molecule has 0 aromatic carbocycles. The summed E-state index contributed by atoms with van der Waals surface area (Å²) < 4.78 is 15.0. The van der Waals surface area contributed by atoms with E-state index < -0.39 is 12.2 Å². The van der Waals surface area contributed by atoms with E-state index in [4.69, 9.17) is 14.2 Å². The van der Waals surface area contributed by atoms with Gasteiger partial charge in [-0.05, 0) is 6.92 Å². The molecule has 0 spiro atoms. The third-order valence-corrected chi connectivity index (χ3v) is 1.71. The maximum atomic E-state index is 9.51. The third-order valence-electron chi connectivity index (χ3n) is 1.71. The van der Waals surface area contributed by atoms with Crippen LogP contribution in [0, 0.1) is 11.8 Å². The average Bonchev–Trinajstić information content (AvgIpc) is 2.89. The van der Waals surface area contributed by atoms with Gasteiger partial charge >= 0.3 is 0 Å². The Bertz CT molecular complexity index is 201. The van der Waals surface area contributed by atoms with E-state index in [0.29, 0.717) is 6.61 Å². The lowest BCUT2D eigenvalue weighted by molar-refractivity contribution is -0.108. The first-order valence-electron chi connectivity index (χ1n) is 4.12. The van der Waals surface area contributed by atoms with Crippen molar-refractivity contribution >= 4 is 0 Å². The van der Waals surface area contributed by atoms with Gasteiger partial charge in [0.25, 0.3) is 0 Å². The van der Waals surface area contributed by atoms with Crippen LogP contribution in [-0.4, -0.2) is 43.9 Å². The molecule has 1 rings (SSSR count). The van der Waals surface area contributed by atoms with Gasteiger partial charge in [-0.1, -0.05) is 5.92 Å². The SMILES string of the molecule is CC#C[C@@H](O)[C@H](OCOC)C1CO1. The Balaban J connectivity index is 2.39. The molecule has 1 aliphatic heterocycles. The summed E-state index contributed by atoms with van der Waals surface area (Å²) in [7, 11) is 1.53.